The van der Waals surface area contributed by atoms with E-state index in [1.165, 1.54) is 18.2 Å². The molecule has 0 saturated carbocycles. The fourth-order valence-electron chi connectivity index (χ4n) is 0.937. The molecule has 6 heteroatoms. The minimum atomic E-state index is -1.82. The van der Waals surface area contributed by atoms with Crippen molar-refractivity contribution in [1.29, 1.82) is 0 Å². The van der Waals surface area contributed by atoms with Gasteiger partial charge in [0, 0.05) is 11.1 Å². The standard InChI is InChI=1S/C8H4Cl5F/c9-7(10)4-2-1-3-5(6(4)14)8(11,12)13/h1-3,7H. The molecule has 0 spiro atoms. The summed E-state index contributed by atoms with van der Waals surface area (Å²) in [5.41, 5.74) is 0.0310. The van der Waals surface area contributed by atoms with Crippen LogP contribution in [-0.4, -0.2) is 0 Å². The Balaban J connectivity index is 3.28. The summed E-state index contributed by atoms with van der Waals surface area (Å²) in [5, 5.41) is 0. The van der Waals surface area contributed by atoms with Crippen molar-refractivity contribution in [3.05, 3.63) is 35.1 Å². The van der Waals surface area contributed by atoms with Gasteiger partial charge in [0.2, 0.25) is 3.79 Å². The minimum absolute atomic E-state index is 0.0636. The van der Waals surface area contributed by atoms with E-state index >= 15 is 0 Å². The first-order chi connectivity index (χ1) is 6.34. The molecule has 0 fully saturated rings. The second-order valence-electron chi connectivity index (χ2n) is 2.51. The summed E-state index contributed by atoms with van der Waals surface area (Å²) < 4.78 is 11.8. The molecule has 0 aliphatic heterocycles. The van der Waals surface area contributed by atoms with Crippen LogP contribution in [0.3, 0.4) is 0 Å². The number of alkyl halides is 5. The molecule has 14 heavy (non-hydrogen) atoms. The van der Waals surface area contributed by atoms with Crippen molar-refractivity contribution >= 4 is 58.0 Å². The third-order valence-electron chi connectivity index (χ3n) is 1.57. The summed E-state index contributed by atoms with van der Waals surface area (Å²) in [4.78, 5) is -0.984. The Morgan fingerprint density at radius 1 is 1.14 bits per heavy atom. The average molecular weight is 296 g/mol. The van der Waals surface area contributed by atoms with Crippen LogP contribution in [0, 0.1) is 5.82 Å². The summed E-state index contributed by atoms with van der Waals surface area (Å²) in [6.07, 6.45) is 0. The molecule has 0 aromatic heterocycles. The summed E-state index contributed by atoms with van der Waals surface area (Å²) in [6.45, 7) is 0. The van der Waals surface area contributed by atoms with Gasteiger partial charge in [-0.25, -0.2) is 4.39 Å². The number of hydrogen-bond donors (Lipinski definition) is 0. The number of hydrogen-bond acceptors (Lipinski definition) is 0. The third kappa shape index (κ3) is 2.80. The Hall–Kier alpha value is 0.600. The maximum Gasteiger partial charge on any atom is 0.218 e. The SMILES string of the molecule is Fc1c(C(Cl)Cl)cccc1C(Cl)(Cl)Cl. The van der Waals surface area contributed by atoms with E-state index < -0.39 is 14.4 Å². The first-order valence-corrected chi connectivity index (χ1v) is 5.48. The normalized spacial score (nSPS) is 12.2. The summed E-state index contributed by atoms with van der Waals surface area (Å²) in [5.74, 6) is -0.692. The predicted octanol–water partition coefficient (Wildman–Crippen LogP) is 5.13. The van der Waals surface area contributed by atoms with Crippen LogP contribution in [0.15, 0.2) is 18.2 Å². The van der Waals surface area contributed by atoms with Gasteiger partial charge >= 0.3 is 0 Å². The van der Waals surface area contributed by atoms with Crippen molar-refractivity contribution < 1.29 is 4.39 Å². The van der Waals surface area contributed by atoms with E-state index in [4.69, 9.17) is 58.0 Å². The Kier molecular flexibility index (Phi) is 4.19. The van der Waals surface area contributed by atoms with Gasteiger partial charge in [-0.05, 0) is 0 Å². The van der Waals surface area contributed by atoms with Crippen molar-refractivity contribution in [1.82, 2.24) is 0 Å². The lowest BCUT2D eigenvalue weighted by Crippen LogP contribution is -2.06. The zero-order chi connectivity index (χ0) is 10.9. The molecule has 0 radical (unpaired) electrons. The van der Waals surface area contributed by atoms with Gasteiger partial charge in [-0.2, -0.15) is 0 Å². The second-order valence-corrected chi connectivity index (χ2v) is 5.88. The van der Waals surface area contributed by atoms with Gasteiger partial charge in [-0.15, -0.1) is 0 Å². The molecule has 0 saturated heterocycles. The molecule has 1 rings (SSSR count). The Morgan fingerprint density at radius 2 is 1.71 bits per heavy atom. The zero-order valence-electron chi connectivity index (χ0n) is 6.58. The smallest absolute Gasteiger partial charge is 0.206 e. The van der Waals surface area contributed by atoms with E-state index in [0.29, 0.717) is 0 Å². The quantitative estimate of drug-likeness (QED) is 0.630. The molecule has 0 N–H and O–H groups in total. The van der Waals surface area contributed by atoms with Crippen molar-refractivity contribution in [2.24, 2.45) is 0 Å². The lowest BCUT2D eigenvalue weighted by molar-refractivity contribution is 0.601. The molecule has 0 atom stereocenters. The zero-order valence-corrected chi connectivity index (χ0v) is 10.4. The molecule has 0 aliphatic carbocycles. The summed E-state index contributed by atoms with van der Waals surface area (Å²) >= 11 is 27.7. The fraction of sp³-hybridized carbons (Fsp3) is 0.250. The molecule has 0 bridgehead atoms. The Labute approximate surface area is 106 Å². The van der Waals surface area contributed by atoms with Gasteiger partial charge in [-0.1, -0.05) is 76.2 Å². The molecule has 0 amide bonds. The number of rotatable bonds is 1. The van der Waals surface area contributed by atoms with Crippen molar-refractivity contribution in [2.45, 2.75) is 8.63 Å². The van der Waals surface area contributed by atoms with Gasteiger partial charge < -0.3 is 0 Å². The molecule has 0 heterocycles. The van der Waals surface area contributed by atoms with Crippen LogP contribution in [0.5, 0.6) is 0 Å². The highest BCUT2D eigenvalue weighted by Gasteiger charge is 2.28. The average Bonchev–Trinajstić information content (AvgIpc) is 2.01. The van der Waals surface area contributed by atoms with Crippen molar-refractivity contribution in [3.63, 3.8) is 0 Å². The second kappa shape index (κ2) is 4.63. The molecular weight excluding hydrogens is 292 g/mol. The van der Waals surface area contributed by atoms with Gasteiger partial charge in [-0.3, -0.25) is 0 Å². The monoisotopic (exact) mass is 294 g/mol. The molecular formula is C8H4Cl5F. The summed E-state index contributed by atoms with van der Waals surface area (Å²) in [7, 11) is 0. The van der Waals surface area contributed by atoms with Crippen molar-refractivity contribution in [3.8, 4) is 0 Å². The minimum Gasteiger partial charge on any atom is -0.206 e. The van der Waals surface area contributed by atoms with Gasteiger partial charge in [0.1, 0.15) is 10.7 Å². The molecule has 0 nitrogen and oxygen atoms in total. The van der Waals surface area contributed by atoms with Crippen LogP contribution < -0.4 is 0 Å². The van der Waals surface area contributed by atoms with Gasteiger partial charge in [0.05, 0.1) is 0 Å². The van der Waals surface area contributed by atoms with E-state index in [0.717, 1.165) is 0 Å². The van der Waals surface area contributed by atoms with Gasteiger partial charge in [0.25, 0.3) is 0 Å². The molecule has 1 aromatic carbocycles. The molecule has 1 aromatic rings. The van der Waals surface area contributed by atoms with Crippen LogP contribution in [0.2, 0.25) is 0 Å². The number of halogens is 6. The third-order valence-corrected chi connectivity index (χ3v) is 2.65. The van der Waals surface area contributed by atoms with Crippen LogP contribution >= 0.6 is 58.0 Å². The van der Waals surface area contributed by atoms with Crippen LogP contribution in [-0.2, 0) is 3.79 Å². The predicted molar refractivity (Wildman–Crippen MR) is 60.1 cm³/mol. The number of benzene rings is 1. The molecule has 0 aliphatic rings. The van der Waals surface area contributed by atoms with E-state index in [1.54, 1.807) is 0 Å². The first kappa shape index (κ1) is 12.7. The maximum absolute atomic E-state index is 13.6. The van der Waals surface area contributed by atoms with E-state index in [-0.39, 0.29) is 11.1 Å². The molecule has 0 unspecified atom stereocenters. The van der Waals surface area contributed by atoms with Crippen LogP contribution in [0.25, 0.3) is 0 Å². The van der Waals surface area contributed by atoms with E-state index in [9.17, 15) is 4.39 Å². The lowest BCUT2D eigenvalue weighted by Gasteiger charge is -2.14. The fourth-order valence-corrected chi connectivity index (χ4v) is 1.71. The van der Waals surface area contributed by atoms with Gasteiger partial charge in [0.15, 0.2) is 0 Å². The topological polar surface area (TPSA) is 0 Å². The Bertz CT molecular complexity index is 331. The van der Waals surface area contributed by atoms with E-state index in [2.05, 4.69) is 0 Å². The highest BCUT2D eigenvalue weighted by Crippen LogP contribution is 2.41. The highest BCUT2D eigenvalue weighted by atomic mass is 35.6. The van der Waals surface area contributed by atoms with Crippen LogP contribution in [0.1, 0.15) is 16.0 Å². The largest absolute Gasteiger partial charge is 0.218 e. The highest BCUT2D eigenvalue weighted by molar-refractivity contribution is 6.66. The first-order valence-electron chi connectivity index (χ1n) is 3.48. The maximum atomic E-state index is 13.6. The van der Waals surface area contributed by atoms with Crippen molar-refractivity contribution in [2.75, 3.05) is 0 Å². The summed E-state index contributed by atoms with van der Waals surface area (Å²) in [6, 6.07) is 4.31. The van der Waals surface area contributed by atoms with Crippen LogP contribution in [0.4, 0.5) is 4.39 Å². The Morgan fingerprint density at radius 3 is 2.14 bits per heavy atom. The van der Waals surface area contributed by atoms with E-state index in [1.807, 2.05) is 0 Å². The molecule has 78 valence electrons. The lowest BCUT2D eigenvalue weighted by atomic mass is 10.1.